The Kier molecular flexibility index (Phi) is 4.26. The Balaban J connectivity index is 1.50. The zero-order chi connectivity index (χ0) is 18.5. The molecule has 0 aliphatic heterocycles. The van der Waals surface area contributed by atoms with E-state index in [1.165, 1.54) is 18.5 Å². The molecule has 2 heterocycles. The molecule has 6 rings (SSSR count). The molecule has 7 heteroatoms. The van der Waals surface area contributed by atoms with Gasteiger partial charge in [-0.1, -0.05) is 0 Å². The van der Waals surface area contributed by atoms with E-state index in [1.807, 2.05) is 11.4 Å². The summed E-state index contributed by atoms with van der Waals surface area (Å²) in [7, 11) is 0. The third kappa shape index (κ3) is 2.98. The Morgan fingerprint density at radius 3 is 2.67 bits per heavy atom. The lowest BCUT2D eigenvalue weighted by molar-refractivity contribution is -0.154. The molecule has 6 nitrogen and oxygen atoms in total. The van der Waals surface area contributed by atoms with E-state index in [1.54, 1.807) is 0 Å². The first-order chi connectivity index (χ1) is 13.2. The maximum atomic E-state index is 12.7. The highest BCUT2D eigenvalue weighted by molar-refractivity contribution is 6.28. The van der Waals surface area contributed by atoms with Crippen LogP contribution in [0.5, 0.6) is 0 Å². The van der Waals surface area contributed by atoms with Gasteiger partial charge in [0.15, 0.2) is 5.82 Å². The van der Waals surface area contributed by atoms with E-state index in [-0.39, 0.29) is 23.2 Å². The van der Waals surface area contributed by atoms with Crippen molar-refractivity contribution in [1.82, 2.24) is 14.6 Å². The second-order valence-corrected chi connectivity index (χ2v) is 8.52. The summed E-state index contributed by atoms with van der Waals surface area (Å²) in [6.45, 7) is 2.29. The van der Waals surface area contributed by atoms with E-state index in [9.17, 15) is 4.79 Å². The molecular formula is C20H25ClN4O2. The molecule has 2 aromatic heterocycles. The molecule has 0 saturated heterocycles. The standard InChI is InChI=1S/C20H25ClN4O2/c1-2-27-19(26)16-12-5-7-13(8-6-12)17(16)22-18-15-10-9-14(11-3-4-11)25(15)24-20(21)23-18/h9-13,16-17H,2-8H2,1H3,(H,22,23,24)/t12-,13+,16-,17?/m0/s1. The first-order valence-electron chi connectivity index (χ1n) is 10.1. The second kappa shape index (κ2) is 6.66. The lowest BCUT2D eigenvalue weighted by Crippen LogP contribution is -2.52. The molecule has 4 aliphatic carbocycles. The minimum atomic E-state index is -0.107. The number of nitrogens with one attached hydrogen (secondary N) is 1. The van der Waals surface area contributed by atoms with Crippen LogP contribution in [0.1, 0.15) is 57.1 Å². The van der Waals surface area contributed by atoms with Crippen LogP contribution in [0.4, 0.5) is 5.82 Å². The average molecular weight is 389 g/mol. The molecule has 0 radical (unpaired) electrons. The molecule has 2 bridgehead atoms. The normalized spacial score (nSPS) is 29.9. The number of anilines is 1. The van der Waals surface area contributed by atoms with Crippen LogP contribution >= 0.6 is 11.6 Å². The molecule has 1 N–H and O–H groups in total. The maximum absolute atomic E-state index is 12.7. The fourth-order valence-electron chi connectivity index (χ4n) is 5.18. The number of fused-ring (bicyclic) bond motifs is 4. The number of carbonyl (C=O) groups is 1. The zero-order valence-electron chi connectivity index (χ0n) is 15.5. The molecule has 0 spiro atoms. The van der Waals surface area contributed by atoms with Crippen molar-refractivity contribution in [1.29, 1.82) is 0 Å². The van der Waals surface area contributed by atoms with E-state index < -0.39 is 0 Å². The Bertz CT molecular complexity index is 870. The van der Waals surface area contributed by atoms with E-state index in [4.69, 9.17) is 16.3 Å². The molecule has 4 fully saturated rings. The van der Waals surface area contributed by atoms with Crippen molar-refractivity contribution in [2.24, 2.45) is 17.8 Å². The van der Waals surface area contributed by atoms with Gasteiger partial charge in [0, 0.05) is 17.7 Å². The summed E-state index contributed by atoms with van der Waals surface area (Å²) in [6, 6.07) is 4.23. The first kappa shape index (κ1) is 17.3. The molecule has 27 heavy (non-hydrogen) atoms. The quantitative estimate of drug-likeness (QED) is 0.783. The number of hydrogen-bond donors (Lipinski definition) is 1. The molecule has 4 saturated carbocycles. The molecule has 4 aliphatic rings. The summed E-state index contributed by atoms with van der Waals surface area (Å²) in [5, 5.41) is 8.26. The van der Waals surface area contributed by atoms with E-state index in [0.29, 0.717) is 24.4 Å². The zero-order valence-corrected chi connectivity index (χ0v) is 16.3. The van der Waals surface area contributed by atoms with Gasteiger partial charge in [0.1, 0.15) is 5.52 Å². The molecule has 0 amide bonds. The van der Waals surface area contributed by atoms with Crippen molar-refractivity contribution in [3.05, 3.63) is 23.1 Å². The van der Waals surface area contributed by atoms with Gasteiger partial charge in [0.05, 0.1) is 12.5 Å². The minimum absolute atomic E-state index is 0.0468. The number of nitrogens with zero attached hydrogens (tertiary/aromatic N) is 3. The number of halogens is 1. The van der Waals surface area contributed by atoms with Crippen molar-refractivity contribution < 1.29 is 9.53 Å². The van der Waals surface area contributed by atoms with Crippen molar-refractivity contribution in [2.45, 2.75) is 57.4 Å². The summed E-state index contributed by atoms with van der Waals surface area (Å²) >= 11 is 6.25. The Morgan fingerprint density at radius 2 is 1.96 bits per heavy atom. The van der Waals surface area contributed by atoms with Crippen LogP contribution < -0.4 is 5.32 Å². The maximum Gasteiger partial charge on any atom is 0.311 e. The smallest absolute Gasteiger partial charge is 0.311 e. The summed E-state index contributed by atoms with van der Waals surface area (Å²) in [5.74, 6) is 1.99. The number of carbonyl (C=O) groups excluding carboxylic acids is 1. The lowest BCUT2D eigenvalue weighted by Gasteiger charge is -2.47. The number of ether oxygens (including phenoxy) is 1. The van der Waals surface area contributed by atoms with Gasteiger partial charge in [0.25, 0.3) is 0 Å². The van der Waals surface area contributed by atoms with Crippen molar-refractivity contribution in [2.75, 3.05) is 11.9 Å². The Labute approximate surface area is 163 Å². The number of rotatable bonds is 5. The van der Waals surface area contributed by atoms with Crippen LogP contribution in [-0.4, -0.2) is 33.2 Å². The van der Waals surface area contributed by atoms with Crippen LogP contribution in [0.3, 0.4) is 0 Å². The van der Waals surface area contributed by atoms with Gasteiger partial charge in [-0.3, -0.25) is 4.79 Å². The van der Waals surface area contributed by atoms with E-state index in [2.05, 4.69) is 27.5 Å². The van der Waals surface area contributed by atoms with Crippen LogP contribution in [0.2, 0.25) is 5.28 Å². The van der Waals surface area contributed by atoms with Crippen molar-refractivity contribution in [3.8, 4) is 0 Å². The summed E-state index contributed by atoms with van der Waals surface area (Å²) in [4.78, 5) is 17.2. The van der Waals surface area contributed by atoms with E-state index >= 15 is 0 Å². The molecule has 1 unspecified atom stereocenters. The molecule has 0 aromatic carbocycles. The van der Waals surface area contributed by atoms with Gasteiger partial charge in [-0.2, -0.15) is 4.98 Å². The number of esters is 1. The van der Waals surface area contributed by atoms with Gasteiger partial charge in [-0.15, -0.1) is 5.10 Å². The molecule has 2 aromatic rings. The predicted molar refractivity (Wildman–Crippen MR) is 103 cm³/mol. The van der Waals surface area contributed by atoms with Gasteiger partial charge < -0.3 is 10.1 Å². The van der Waals surface area contributed by atoms with E-state index in [0.717, 1.165) is 37.0 Å². The summed E-state index contributed by atoms with van der Waals surface area (Å²) in [5.41, 5.74) is 2.13. The molecule has 2 atom stereocenters. The molecule has 144 valence electrons. The van der Waals surface area contributed by atoms with Crippen LogP contribution in [-0.2, 0) is 9.53 Å². The highest BCUT2D eigenvalue weighted by Gasteiger charge is 2.48. The summed E-state index contributed by atoms with van der Waals surface area (Å²) < 4.78 is 7.34. The fraction of sp³-hybridized carbons (Fsp3) is 0.650. The van der Waals surface area contributed by atoms with Crippen molar-refractivity contribution >= 4 is 28.9 Å². The van der Waals surface area contributed by atoms with Gasteiger partial charge in [-0.05, 0) is 81.0 Å². The third-order valence-electron chi connectivity index (χ3n) is 6.59. The van der Waals surface area contributed by atoms with Crippen molar-refractivity contribution in [3.63, 3.8) is 0 Å². The number of hydrogen-bond acceptors (Lipinski definition) is 5. The monoisotopic (exact) mass is 388 g/mol. The topological polar surface area (TPSA) is 68.5 Å². The highest BCUT2D eigenvalue weighted by atomic mass is 35.5. The van der Waals surface area contributed by atoms with Gasteiger partial charge >= 0.3 is 5.97 Å². The fourth-order valence-corrected chi connectivity index (χ4v) is 5.34. The Hall–Kier alpha value is -1.82. The van der Waals surface area contributed by atoms with Crippen LogP contribution in [0.15, 0.2) is 12.1 Å². The largest absolute Gasteiger partial charge is 0.466 e. The van der Waals surface area contributed by atoms with Gasteiger partial charge in [0.2, 0.25) is 5.28 Å². The van der Waals surface area contributed by atoms with Crippen LogP contribution in [0.25, 0.3) is 5.52 Å². The average Bonchev–Trinajstić information content (AvgIpc) is 3.42. The number of aromatic nitrogens is 3. The predicted octanol–water partition coefficient (Wildman–Crippen LogP) is 4.04. The van der Waals surface area contributed by atoms with Crippen LogP contribution in [0, 0.1) is 17.8 Å². The SMILES string of the molecule is CCOC(=O)[C@@H]1C(Nc2nc(Cl)nn3c(C4CC4)ccc23)[C@H]2CC[C@@H]1CC2. The Morgan fingerprint density at radius 1 is 1.22 bits per heavy atom. The summed E-state index contributed by atoms with van der Waals surface area (Å²) in [6.07, 6.45) is 6.94. The minimum Gasteiger partial charge on any atom is -0.466 e. The third-order valence-corrected chi connectivity index (χ3v) is 6.75. The highest BCUT2D eigenvalue weighted by Crippen LogP contribution is 2.47. The second-order valence-electron chi connectivity index (χ2n) is 8.18. The lowest BCUT2D eigenvalue weighted by atomic mass is 9.61. The van der Waals surface area contributed by atoms with Gasteiger partial charge in [-0.25, -0.2) is 4.52 Å². The first-order valence-corrected chi connectivity index (χ1v) is 10.5. The molecular weight excluding hydrogens is 364 g/mol.